The van der Waals surface area contributed by atoms with Gasteiger partial charge in [-0.25, -0.2) is 0 Å². The average Bonchev–Trinajstić information content (AvgIpc) is 3.34. The summed E-state index contributed by atoms with van der Waals surface area (Å²) in [6.45, 7) is 4.31. The van der Waals surface area contributed by atoms with Gasteiger partial charge in [-0.1, -0.05) is 92.4 Å². The van der Waals surface area contributed by atoms with Crippen molar-refractivity contribution in [1.29, 1.82) is 0 Å². The lowest BCUT2D eigenvalue weighted by Gasteiger charge is -2.30. The zero-order valence-electron chi connectivity index (χ0n) is 23.4. The Morgan fingerprint density at radius 3 is 1.69 bits per heavy atom. The number of Topliss-reactive ketones (excluding diaryl/α,β-unsaturated/α-hetero) is 3. The quantitative estimate of drug-likeness (QED) is 0.197. The highest BCUT2D eigenvalue weighted by Gasteiger charge is 2.33. The molecular weight excluding hydrogens is 520 g/mol. The van der Waals surface area contributed by atoms with E-state index in [-0.39, 0.29) is 39.7 Å². The standard InChI is InChI=1S/C38H28O4/c1-38(2)20-22(11-13-28-34(39)30-16-24-7-3-4-8-25(24)17-31(30)35(28)40)15-23(21-38)12-14-29-36(41)32-18-26-9-5-6-10-27(26)19-33(32)37(29)42/h3-19,39H,20-21H2,1-2H3/p-1/b13-11+,23-12-. The molecule has 0 radical (unpaired) electrons. The number of carbonyl (C=O) groups excluding carboxylic acids is 3. The molecule has 42 heavy (non-hydrogen) atoms. The zero-order chi connectivity index (χ0) is 29.2. The summed E-state index contributed by atoms with van der Waals surface area (Å²) >= 11 is 0. The number of fused-ring (bicyclic) bond motifs is 4. The number of ketones is 3. The van der Waals surface area contributed by atoms with Crippen molar-refractivity contribution in [3.05, 3.63) is 148 Å². The molecule has 4 aromatic rings. The van der Waals surface area contributed by atoms with Crippen LogP contribution in [0.2, 0.25) is 0 Å². The Balaban J connectivity index is 1.19. The Hall–Kier alpha value is -5.09. The van der Waals surface area contributed by atoms with E-state index in [1.165, 1.54) is 0 Å². The molecule has 0 aliphatic heterocycles. The van der Waals surface area contributed by atoms with Crippen molar-refractivity contribution in [3.8, 4) is 0 Å². The van der Waals surface area contributed by atoms with Crippen LogP contribution in [0.4, 0.5) is 0 Å². The first-order valence-electron chi connectivity index (χ1n) is 14.1. The second kappa shape index (κ2) is 9.49. The van der Waals surface area contributed by atoms with Crippen LogP contribution in [-0.2, 0) is 0 Å². The summed E-state index contributed by atoms with van der Waals surface area (Å²) in [6.07, 6.45) is 10.5. The van der Waals surface area contributed by atoms with Gasteiger partial charge in [-0.2, -0.15) is 0 Å². The lowest BCUT2D eigenvalue weighted by molar-refractivity contribution is -0.244. The Morgan fingerprint density at radius 1 is 0.643 bits per heavy atom. The first-order valence-corrected chi connectivity index (χ1v) is 14.1. The topological polar surface area (TPSA) is 74.3 Å². The van der Waals surface area contributed by atoms with E-state index in [0.29, 0.717) is 22.3 Å². The fourth-order valence-electron chi connectivity index (χ4n) is 6.42. The van der Waals surface area contributed by atoms with Gasteiger partial charge in [-0.05, 0) is 86.9 Å². The minimum absolute atomic E-state index is 0.0851. The van der Waals surface area contributed by atoms with Gasteiger partial charge >= 0.3 is 0 Å². The number of benzene rings is 4. The number of allylic oxidation sites excluding steroid dienone is 9. The fraction of sp³-hybridized carbons (Fsp3) is 0.132. The molecule has 0 saturated heterocycles. The largest absolute Gasteiger partial charge is 0.872 e. The monoisotopic (exact) mass is 547 g/mol. The van der Waals surface area contributed by atoms with Crippen LogP contribution in [0.1, 0.15) is 63.3 Å². The highest BCUT2D eigenvalue weighted by molar-refractivity contribution is 6.40. The molecule has 0 amide bonds. The maximum atomic E-state index is 13.2. The molecule has 3 aliphatic rings. The number of hydrogen-bond donors (Lipinski definition) is 0. The molecule has 0 unspecified atom stereocenters. The molecule has 0 bridgehead atoms. The van der Waals surface area contributed by atoms with Crippen LogP contribution in [0.5, 0.6) is 0 Å². The van der Waals surface area contributed by atoms with Crippen molar-refractivity contribution in [2.24, 2.45) is 5.41 Å². The van der Waals surface area contributed by atoms with Crippen molar-refractivity contribution in [3.63, 3.8) is 0 Å². The molecule has 204 valence electrons. The van der Waals surface area contributed by atoms with Crippen molar-refractivity contribution < 1.29 is 19.5 Å². The lowest BCUT2D eigenvalue weighted by Crippen LogP contribution is -2.16. The van der Waals surface area contributed by atoms with E-state index in [1.807, 2.05) is 66.8 Å². The summed E-state index contributed by atoms with van der Waals surface area (Å²) < 4.78 is 0. The van der Waals surface area contributed by atoms with Crippen molar-refractivity contribution in [2.75, 3.05) is 0 Å². The number of rotatable bonds is 3. The summed E-state index contributed by atoms with van der Waals surface area (Å²) in [7, 11) is 0. The molecule has 0 saturated carbocycles. The molecule has 0 spiro atoms. The molecule has 0 fully saturated rings. The Labute approximate surface area is 243 Å². The third-order valence-corrected chi connectivity index (χ3v) is 8.39. The molecule has 0 heterocycles. The van der Waals surface area contributed by atoms with Gasteiger partial charge in [0.15, 0.2) is 17.3 Å². The van der Waals surface area contributed by atoms with Crippen LogP contribution in [0.15, 0.2) is 125 Å². The maximum absolute atomic E-state index is 13.2. The second-order valence-corrected chi connectivity index (χ2v) is 12.1. The minimum atomic E-state index is -0.251. The van der Waals surface area contributed by atoms with Crippen LogP contribution in [-0.4, -0.2) is 17.3 Å². The number of carbonyl (C=O) groups is 3. The first kappa shape index (κ1) is 25.8. The molecule has 0 aromatic heterocycles. The summed E-state index contributed by atoms with van der Waals surface area (Å²) in [6, 6.07) is 22.6. The Bertz CT molecular complexity index is 2000. The maximum Gasteiger partial charge on any atom is 0.197 e. The van der Waals surface area contributed by atoms with E-state index < -0.39 is 0 Å². The normalized spacial score (nSPS) is 18.9. The SMILES string of the molecule is CC1(C)CC(/C=C/C2=C([O-])c3cc4ccccc4cc3C2=O)=CC(=C/C=C2C(=O)c3cc4ccccc4cc3C2=O)/C1. The van der Waals surface area contributed by atoms with E-state index in [9.17, 15) is 19.5 Å². The van der Waals surface area contributed by atoms with E-state index in [0.717, 1.165) is 45.5 Å². The average molecular weight is 548 g/mol. The van der Waals surface area contributed by atoms with E-state index in [1.54, 1.807) is 36.4 Å². The fourth-order valence-corrected chi connectivity index (χ4v) is 6.42. The van der Waals surface area contributed by atoms with E-state index >= 15 is 0 Å². The summed E-state index contributed by atoms with van der Waals surface area (Å²) in [5, 5.41) is 16.9. The van der Waals surface area contributed by atoms with Gasteiger partial charge in [0.25, 0.3) is 0 Å². The summed E-state index contributed by atoms with van der Waals surface area (Å²) in [5.74, 6) is -1.00. The van der Waals surface area contributed by atoms with Crippen LogP contribution in [0.3, 0.4) is 0 Å². The van der Waals surface area contributed by atoms with Gasteiger partial charge < -0.3 is 5.11 Å². The predicted octanol–water partition coefficient (Wildman–Crippen LogP) is 7.50. The van der Waals surface area contributed by atoms with Crippen LogP contribution < -0.4 is 5.11 Å². The molecule has 4 heteroatoms. The highest BCUT2D eigenvalue weighted by Crippen LogP contribution is 2.40. The molecule has 3 aliphatic carbocycles. The summed E-state index contributed by atoms with van der Waals surface area (Å²) in [4.78, 5) is 39.6. The third kappa shape index (κ3) is 4.27. The van der Waals surface area contributed by atoms with Crippen LogP contribution in [0.25, 0.3) is 27.3 Å². The molecule has 7 rings (SSSR count). The number of hydrogen-bond acceptors (Lipinski definition) is 4. The molecule has 4 nitrogen and oxygen atoms in total. The second-order valence-electron chi connectivity index (χ2n) is 12.1. The summed E-state index contributed by atoms with van der Waals surface area (Å²) in [5.41, 5.74) is 4.00. The van der Waals surface area contributed by atoms with E-state index in [4.69, 9.17) is 0 Å². The predicted molar refractivity (Wildman–Crippen MR) is 164 cm³/mol. The molecule has 0 N–H and O–H groups in total. The third-order valence-electron chi connectivity index (χ3n) is 8.39. The van der Waals surface area contributed by atoms with Gasteiger partial charge in [0.1, 0.15) is 0 Å². The minimum Gasteiger partial charge on any atom is -0.872 e. The molecule has 0 atom stereocenters. The highest BCUT2D eigenvalue weighted by atomic mass is 16.3. The van der Waals surface area contributed by atoms with Crippen molar-refractivity contribution in [1.82, 2.24) is 0 Å². The Kier molecular flexibility index (Phi) is 5.84. The molecule has 4 aromatic carbocycles. The van der Waals surface area contributed by atoms with Gasteiger partial charge in [-0.15, -0.1) is 0 Å². The van der Waals surface area contributed by atoms with Crippen molar-refractivity contribution in [2.45, 2.75) is 26.7 Å². The van der Waals surface area contributed by atoms with Gasteiger partial charge in [-0.3, -0.25) is 14.4 Å². The first-order chi connectivity index (χ1) is 20.2. The van der Waals surface area contributed by atoms with Crippen LogP contribution >= 0.6 is 0 Å². The van der Waals surface area contributed by atoms with Gasteiger partial charge in [0.2, 0.25) is 0 Å². The lowest BCUT2D eigenvalue weighted by atomic mass is 9.75. The molecular formula is C38H27O4-. The van der Waals surface area contributed by atoms with E-state index in [2.05, 4.69) is 13.8 Å². The Morgan fingerprint density at radius 2 is 1.14 bits per heavy atom. The van der Waals surface area contributed by atoms with Gasteiger partial charge in [0, 0.05) is 22.3 Å². The van der Waals surface area contributed by atoms with Crippen molar-refractivity contribution >= 4 is 44.7 Å². The van der Waals surface area contributed by atoms with Crippen LogP contribution in [0, 0.1) is 5.41 Å². The zero-order valence-corrected chi connectivity index (χ0v) is 23.4. The smallest absolute Gasteiger partial charge is 0.197 e. The van der Waals surface area contributed by atoms with Gasteiger partial charge in [0.05, 0.1) is 5.57 Å².